The molecular formula is C15H12N2O4. The quantitative estimate of drug-likeness (QED) is 0.743. The summed E-state index contributed by atoms with van der Waals surface area (Å²) in [6.45, 7) is -0.177. The molecular weight excluding hydrogens is 272 g/mol. The van der Waals surface area contributed by atoms with Gasteiger partial charge in [-0.05, 0) is 24.3 Å². The predicted octanol–water partition coefficient (Wildman–Crippen LogP) is 1.70. The van der Waals surface area contributed by atoms with Crippen LogP contribution in [0.4, 0.5) is 11.4 Å². The maximum absolute atomic E-state index is 12.6. The second-order valence-corrected chi connectivity index (χ2v) is 4.63. The molecule has 0 atom stereocenters. The molecule has 21 heavy (non-hydrogen) atoms. The van der Waals surface area contributed by atoms with Crippen LogP contribution >= 0.6 is 0 Å². The summed E-state index contributed by atoms with van der Waals surface area (Å²) in [7, 11) is 0. The molecule has 0 unspecified atom stereocenters. The number of hydrogen-bond donors (Lipinski definition) is 3. The van der Waals surface area contributed by atoms with Crippen molar-refractivity contribution in [3.63, 3.8) is 0 Å². The topological polar surface area (TPSA) is 89.9 Å². The summed E-state index contributed by atoms with van der Waals surface area (Å²) in [5, 5.41) is 22.3. The van der Waals surface area contributed by atoms with E-state index in [1.807, 2.05) is 0 Å². The van der Waals surface area contributed by atoms with E-state index in [0.29, 0.717) is 11.4 Å². The van der Waals surface area contributed by atoms with E-state index in [-0.39, 0.29) is 29.5 Å². The highest BCUT2D eigenvalue weighted by Crippen LogP contribution is 2.34. The fraction of sp³-hybridized carbons (Fsp3) is 0.0667. The maximum Gasteiger partial charge on any atom is 0.266 e. The van der Waals surface area contributed by atoms with Crippen molar-refractivity contribution in [2.24, 2.45) is 0 Å². The van der Waals surface area contributed by atoms with Crippen LogP contribution in [0, 0.1) is 0 Å². The van der Waals surface area contributed by atoms with E-state index >= 15 is 0 Å². The largest absolute Gasteiger partial charge is 0.507 e. The summed E-state index contributed by atoms with van der Waals surface area (Å²) in [5.74, 6) is -1.63. The summed E-state index contributed by atoms with van der Waals surface area (Å²) in [6.07, 6.45) is 0. The Kier molecular flexibility index (Phi) is 2.98. The Morgan fingerprint density at radius 1 is 1.05 bits per heavy atom. The lowest BCUT2D eigenvalue weighted by atomic mass is 10.1. The Bertz CT molecular complexity index is 722. The van der Waals surface area contributed by atoms with Crippen LogP contribution in [0.2, 0.25) is 0 Å². The zero-order valence-corrected chi connectivity index (χ0v) is 10.9. The Labute approximate surface area is 120 Å². The summed E-state index contributed by atoms with van der Waals surface area (Å²) >= 11 is 0. The summed E-state index contributed by atoms with van der Waals surface area (Å²) in [5.41, 5.74) is 0.809. The Morgan fingerprint density at radius 2 is 1.71 bits per heavy atom. The molecule has 106 valence electrons. The van der Waals surface area contributed by atoms with Gasteiger partial charge in [-0.25, -0.2) is 0 Å². The molecule has 0 aromatic heterocycles. The van der Waals surface area contributed by atoms with Gasteiger partial charge in [-0.2, -0.15) is 0 Å². The summed E-state index contributed by atoms with van der Waals surface area (Å²) < 4.78 is 0. The van der Waals surface area contributed by atoms with Crippen molar-refractivity contribution < 1.29 is 19.8 Å². The first-order chi connectivity index (χ1) is 10.1. The number of rotatable bonds is 1. The monoisotopic (exact) mass is 284 g/mol. The van der Waals surface area contributed by atoms with Crippen molar-refractivity contribution in [3.05, 3.63) is 48.0 Å². The van der Waals surface area contributed by atoms with Crippen molar-refractivity contribution in [3.8, 4) is 11.5 Å². The minimum absolute atomic E-state index is 0.177. The van der Waals surface area contributed by atoms with Gasteiger partial charge >= 0.3 is 0 Å². The van der Waals surface area contributed by atoms with E-state index in [4.69, 9.17) is 0 Å². The van der Waals surface area contributed by atoms with Crippen LogP contribution in [0.15, 0.2) is 42.5 Å². The standard InChI is InChI=1S/C15H12N2O4/c18-11-6-3-7-12(19)14(11)15(21)17-8-13(20)16-9-4-1-2-5-10(9)17/h1-7,18-19H,8H2,(H,16,20). The number of phenolic OH excluding ortho intramolecular Hbond substituents is 2. The highest BCUT2D eigenvalue weighted by Gasteiger charge is 2.30. The molecule has 1 heterocycles. The van der Waals surface area contributed by atoms with Gasteiger partial charge in [0.05, 0.1) is 11.4 Å². The van der Waals surface area contributed by atoms with E-state index in [9.17, 15) is 19.8 Å². The number of fused-ring (bicyclic) bond motifs is 1. The average Bonchev–Trinajstić information content (AvgIpc) is 2.46. The third-order valence-electron chi connectivity index (χ3n) is 3.25. The van der Waals surface area contributed by atoms with Crippen molar-refractivity contribution in [2.75, 3.05) is 16.8 Å². The third-order valence-corrected chi connectivity index (χ3v) is 3.25. The van der Waals surface area contributed by atoms with Crippen LogP contribution in [-0.4, -0.2) is 28.6 Å². The molecule has 2 aromatic carbocycles. The van der Waals surface area contributed by atoms with Gasteiger partial charge in [0, 0.05) is 0 Å². The predicted molar refractivity (Wildman–Crippen MR) is 76.5 cm³/mol. The maximum atomic E-state index is 12.6. The zero-order chi connectivity index (χ0) is 15.0. The molecule has 0 saturated heterocycles. The van der Waals surface area contributed by atoms with Gasteiger partial charge in [0.25, 0.3) is 5.91 Å². The molecule has 2 amide bonds. The molecule has 1 aliphatic heterocycles. The van der Waals surface area contributed by atoms with Gasteiger partial charge in [0.2, 0.25) is 5.91 Å². The molecule has 0 radical (unpaired) electrons. The van der Waals surface area contributed by atoms with Crippen LogP contribution in [0.25, 0.3) is 0 Å². The number of carbonyl (C=O) groups is 2. The van der Waals surface area contributed by atoms with Crippen molar-refractivity contribution in [2.45, 2.75) is 0 Å². The molecule has 0 bridgehead atoms. The van der Waals surface area contributed by atoms with Crippen molar-refractivity contribution in [1.82, 2.24) is 0 Å². The van der Waals surface area contributed by atoms with Gasteiger partial charge in [0.15, 0.2) is 0 Å². The van der Waals surface area contributed by atoms with E-state index in [0.717, 1.165) is 0 Å². The first kappa shape index (κ1) is 13.0. The number of nitrogens with one attached hydrogen (secondary N) is 1. The van der Waals surface area contributed by atoms with Gasteiger partial charge in [-0.1, -0.05) is 18.2 Å². The number of nitrogens with zero attached hydrogens (tertiary/aromatic N) is 1. The molecule has 6 nitrogen and oxygen atoms in total. The lowest BCUT2D eigenvalue weighted by Gasteiger charge is -2.29. The van der Waals surface area contributed by atoms with Crippen molar-refractivity contribution >= 4 is 23.2 Å². The van der Waals surface area contributed by atoms with Crippen LogP contribution in [0.1, 0.15) is 10.4 Å². The van der Waals surface area contributed by atoms with Gasteiger partial charge in [-0.15, -0.1) is 0 Å². The third kappa shape index (κ3) is 2.16. The first-order valence-corrected chi connectivity index (χ1v) is 6.29. The number of amides is 2. The average molecular weight is 284 g/mol. The van der Waals surface area contributed by atoms with Crippen LogP contribution in [0.3, 0.4) is 0 Å². The lowest BCUT2D eigenvalue weighted by molar-refractivity contribution is -0.115. The van der Waals surface area contributed by atoms with Crippen LogP contribution in [-0.2, 0) is 4.79 Å². The van der Waals surface area contributed by atoms with Crippen LogP contribution in [0.5, 0.6) is 11.5 Å². The molecule has 1 aliphatic rings. The molecule has 0 saturated carbocycles. The highest BCUT2D eigenvalue weighted by atomic mass is 16.3. The minimum Gasteiger partial charge on any atom is -0.507 e. The molecule has 0 aliphatic carbocycles. The number of anilines is 2. The molecule has 3 rings (SSSR count). The molecule has 0 spiro atoms. The first-order valence-electron chi connectivity index (χ1n) is 6.29. The number of hydrogen-bond acceptors (Lipinski definition) is 4. The fourth-order valence-corrected chi connectivity index (χ4v) is 2.30. The van der Waals surface area contributed by atoms with Crippen molar-refractivity contribution in [1.29, 1.82) is 0 Å². The summed E-state index contributed by atoms with van der Waals surface area (Å²) in [4.78, 5) is 25.5. The van der Waals surface area contributed by atoms with E-state index < -0.39 is 5.91 Å². The highest BCUT2D eigenvalue weighted by molar-refractivity contribution is 6.16. The lowest BCUT2D eigenvalue weighted by Crippen LogP contribution is -2.42. The number of carbonyl (C=O) groups excluding carboxylic acids is 2. The second kappa shape index (κ2) is 4.82. The van der Waals surface area contributed by atoms with Gasteiger partial charge in [0.1, 0.15) is 23.6 Å². The van der Waals surface area contributed by atoms with Gasteiger partial charge < -0.3 is 15.5 Å². The Hall–Kier alpha value is -3.02. The van der Waals surface area contributed by atoms with E-state index in [1.165, 1.54) is 23.1 Å². The second-order valence-electron chi connectivity index (χ2n) is 4.63. The summed E-state index contributed by atoms with van der Waals surface area (Å²) in [6, 6.07) is 10.9. The molecule has 3 N–H and O–H groups in total. The number of aromatic hydroxyl groups is 2. The Morgan fingerprint density at radius 3 is 2.43 bits per heavy atom. The van der Waals surface area contributed by atoms with E-state index in [1.54, 1.807) is 24.3 Å². The minimum atomic E-state index is -0.632. The molecule has 0 fully saturated rings. The zero-order valence-electron chi connectivity index (χ0n) is 10.9. The smallest absolute Gasteiger partial charge is 0.266 e. The number of benzene rings is 2. The van der Waals surface area contributed by atoms with Gasteiger partial charge in [-0.3, -0.25) is 14.5 Å². The number of phenols is 2. The number of para-hydroxylation sites is 2. The normalized spacial score (nSPS) is 13.5. The SMILES string of the molecule is O=C1CN(C(=O)c2c(O)cccc2O)c2ccccc2N1. The Balaban J connectivity index is 2.09. The fourth-order valence-electron chi connectivity index (χ4n) is 2.30. The van der Waals surface area contributed by atoms with E-state index in [2.05, 4.69) is 5.32 Å². The molecule has 2 aromatic rings. The molecule has 6 heteroatoms. The van der Waals surface area contributed by atoms with Crippen LogP contribution < -0.4 is 10.2 Å².